The molecular weight excluding hydrogens is 310 g/mol. The molecule has 0 rings (SSSR count). The van der Waals surface area contributed by atoms with E-state index >= 15 is 0 Å². The van der Waals surface area contributed by atoms with Gasteiger partial charge in [0.05, 0.1) is 5.97 Å². The van der Waals surface area contributed by atoms with Crippen LogP contribution in [0.15, 0.2) is 0 Å². The van der Waals surface area contributed by atoms with Gasteiger partial charge in [-0.05, 0) is 12.8 Å². The SMILES string of the molecule is CCCCCCCCCCCCC(CC)(C(=O)[O-])P(=O)=O.[Na+]. The quantitative estimate of drug-likeness (QED) is 0.272. The van der Waals surface area contributed by atoms with Gasteiger partial charge in [0.1, 0.15) is 5.16 Å². The standard InChI is InChI=1S/C16H31O4P.Na/c1-3-5-6-7-8-9-10-11-12-13-14-16(4-2,15(17)18)21(19)20;/h3-14H2,1-2H3,(H,17,18);/q;+1/p-1. The third-order valence-corrected chi connectivity index (χ3v) is 5.68. The number of carboxylic acid groups (broad SMARTS) is 1. The van der Waals surface area contributed by atoms with Crippen LogP contribution in [0.2, 0.25) is 0 Å². The summed E-state index contributed by atoms with van der Waals surface area (Å²) in [6.07, 6.45) is 11.7. The maximum atomic E-state index is 11.2. The molecule has 0 N–H and O–H groups in total. The molecule has 0 aliphatic heterocycles. The summed E-state index contributed by atoms with van der Waals surface area (Å²) in [6.45, 7) is 3.80. The van der Waals surface area contributed by atoms with Crippen molar-refractivity contribution in [2.75, 3.05) is 0 Å². The molecule has 0 aliphatic carbocycles. The van der Waals surface area contributed by atoms with Gasteiger partial charge in [0.2, 0.25) is 0 Å². The molecule has 0 radical (unpaired) electrons. The number of carboxylic acids is 1. The van der Waals surface area contributed by atoms with Crippen molar-refractivity contribution in [3.05, 3.63) is 0 Å². The van der Waals surface area contributed by atoms with Crippen LogP contribution in [0.4, 0.5) is 0 Å². The molecule has 0 spiro atoms. The molecule has 0 saturated carbocycles. The Balaban J connectivity index is 0. The summed E-state index contributed by atoms with van der Waals surface area (Å²) in [5.74, 6) is -1.45. The number of rotatable bonds is 14. The summed E-state index contributed by atoms with van der Waals surface area (Å²) in [5.41, 5.74) is 0. The second-order valence-corrected chi connectivity index (χ2v) is 7.23. The Hall–Kier alpha value is 0.370. The molecule has 0 saturated heterocycles. The third kappa shape index (κ3) is 9.50. The van der Waals surface area contributed by atoms with Crippen molar-refractivity contribution in [1.29, 1.82) is 0 Å². The molecule has 22 heavy (non-hydrogen) atoms. The molecule has 0 aliphatic rings. The van der Waals surface area contributed by atoms with E-state index in [1.54, 1.807) is 6.92 Å². The number of carbonyl (C=O) groups excluding carboxylic acids is 1. The van der Waals surface area contributed by atoms with Crippen LogP contribution >= 0.6 is 7.68 Å². The predicted octanol–water partition coefficient (Wildman–Crippen LogP) is 1.37. The van der Waals surface area contributed by atoms with Crippen molar-refractivity contribution < 1.29 is 48.6 Å². The molecule has 1 atom stereocenters. The first kappa shape index (κ1) is 24.6. The molecule has 0 bridgehead atoms. The molecule has 0 aromatic carbocycles. The first-order valence-corrected chi connectivity index (χ1v) is 9.55. The number of hydrogen-bond donors (Lipinski definition) is 0. The van der Waals surface area contributed by atoms with Crippen molar-refractivity contribution in [2.45, 2.75) is 96.1 Å². The van der Waals surface area contributed by atoms with E-state index in [1.165, 1.54) is 38.5 Å². The van der Waals surface area contributed by atoms with Crippen molar-refractivity contribution in [3.63, 3.8) is 0 Å². The van der Waals surface area contributed by atoms with E-state index in [0.29, 0.717) is 6.42 Å². The summed E-state index contributed by atoms with van der Waals surface area (Å²) in [7, 11) is -2.99. The Bertz CT molecular complexity index is 350. The van der Waals surface area contributed by atoms with Gasteiger partial charge in [-0.2, -0.15) is 0 Å². The van der Waals surface area contributed by atoms with E-state index in [-0.39, 0.29) is 42.4 Å². The summed E-state index contributed by atoms with van der Waals surface area (Å²) >= 11 is 0. The van der Waals surface area contributed by atoms with Gasteiger partial charge in [-0.3, -0.25) is 0 Å². The number of hydrogen-bond acceptors (Lipinski definition) is 4. The third-order valence-electron chi connectivity index (χ3n) is 4.26. The van der Waals surface area contributed by atoms with E-state index in [2.05, 4.69) is 6.92 Å². The van der Waals surface area contributed by atoms with E-state index in [9.17, 15) is 19.0 Å². The van der Waals surface area contributed by atoms with Crippen molar-refractivity contribution in [2.24, 2.45) is 0 Å². The monoisotopic (exact) mass is 340 g/mol. The summed E-state index contributed by atoms with van der Waals surface area (Å²) < 4.78 is 22.4. The molecule has 0 amide bonds. The van der Waals surface area contributed by atoms with Gasteiger partial charge in [0.25, 0.3) is 0 Å². The Kier molecular flexibility index (Phi) is 16.7. The normalized spacial score (nSPS) is 13.2. The van der Waals surface area contributed by atoms with E-state index in [1.807, 2.05) is 0 Å². The van der Waals surface area contributed by atoms with Crippen LogP contribution in [0.3, 0.4) is 0 Å². The molecule has 0 heterocycles. The van der Waals surface area contributed by atoms with Gasteiger partial charge in [0.15, 0.2) is 0 Å². The van der Waals surface area contributed by atoms with Crippen LogP contribution in [0.25, 0.3) is 0 Å². The van der Waals surface area contributed by atoms with Gasteiger partial charge in [-0.25, -0.2) is 9.13 Å². The maximum absolute atomic E-state index is 11.2. The van der Waals surface area contributed by atoms with Gasteiger partial charge < -0.3 is 9.90 Å². The average molecular weight is 340 g/mol. The smallest absolute Gasteiger partial charge is 0.549 e. The second-order valence-electron chi connectivity index (χ2n) is 5.86. The maximum Gasteiger partial charge on any atom is 1.00 e. The Morgan fingerprint density at radius 1 is 0.864 bits per heavy atom. The minimum atomic E-state index is -2.99. The zero-order valence-corrected chi connectivity index (χ0v) is 17.5. The molecule has 0 aromatic rings. The first-order valence-electron chi connectivity index (χ1n) is 8.37. The van der Waals surface area contributed by atoms with Crippen LogP contribution in [0.5, 0.6) is 0 Å². The minimum absolute atomic E-state index is 0. The van der Waals surface area contributed by atoms with E-state index in [0.717, 1.165) is 19.3 Å². The van der Waals surface area contributed by atoms with E-state index in [4.69, 9.17) is 0 Å². The molecular formula is C16H30NaO4P. The van der Waals surface area contributed by atoms with Crippen LogP contribution < -0.4 is 34.7 Å². The van der Waals surface area contributed by atoms with Gasteiger partial charge >= 0.3 is 37.2 Å². The zero-order chi connectivity index (χ0) is 16.1. The van der Waals surface area contributed by atoms with Crippen LogP contribution in [0, 0.1) is 0 Å². The topological polar surface area (TPSA) is 74.3 Å². The number of aliphatic carboxylic acids is 1. The van der Waals surface area contributed by atoms with Crippen molar-refractivity contribution in [3.8, 4) is 0 Å². The second kappa shape index (κ2) is 14.9. The number of carbonyl (C=O) groups is 1. The fourth-order valence-corrected chi connectivity index (χ4v) is 3.37. The van der Waals surface area contributed by atoms with Crippen LogP contribution in [-0.4, -0.2) is 11.1 Å². The fourth-order valence-electron chi connectivity index (χ4n) is 2.62. The zero-order valence-electron chi connectivity index (χ0n) is 14.6. The molecule has 1 unspecified atom stereocenters. The van der Waals surface area contributed by atoms with Crippen LogP contribution in [0.1, 0.15) is 90.9 Å². The van der Waals surface area contributed by atoms with Gasteiger partial charge in [-0.1, -0.05) is 78.1 Å². The molecule has 6 heteroatoms. The Labute approximate surface area is 157 Å². The average Bonchev–Trinajstić information content (AvgIpc) is 2.44. The summed E-state index contributed by atoms with van der Waals surface area (Å²) in [5, 5.41) is 9.43. The minimum Gasteiger partial charge on any atom is -0.549 e. The largest absolute Gasteiger partial charge is 1.00 e. The number of unbranched alkanes of at least 4 members (excludes halogenated alkanes) is 9. The molecule has 4 nitrogen and oxygen atoms in total. The van der Waals surface area contributed by atoms with Crippen molar-refractivity contribution >= 4 is 13.6 Å². The summed E-state index contributed by atoms with van der Waals surface area (Å²) in [4.78, 5) is 11.1. The molecule has 0 fully saturated rings. The van der Waals surface area contributed by atoms with Crippen LogP contribution in [-0.2, 0) is 13.9 Å². The summed E-state index contributed by atoms with van der Waals surface area (Å²) in [6, 6.07) is 0. The molecule has 124 valence electrons. The first-order chi connectivity index (χ1) is 10.0. The van der Waals surface area contributed by atoms with E-state index < -0.39 is 18.8 Å². The molecule has 0 aromatic heterocycles. The van der Waals surface area contributed by atoms with Gasteiger partial charge in [-0.15, -0.1) is 0 Å². The Morgan fingerprint density at radius 2 is 1.27 bits per heavy atom. The fraction of sp³-hybridized carbons (Fsp3) is 0.938. The predicted molar refractivity (Wildman–Crippen MR) is 82.8 cm³/mol. The Morgan fingerprint density at radius 3 is 1.59 bits per heavy atom. The van der Waals surface area contributed by atoms with Crippen molar-refractivity contribution in [1.82, 2.24) is 0 Å². The van der Waals surface area contributed by atoms with Gasteiger partial charge in [0, 0.05) is 0 Å².